The summed E-state index contributed by atoms with van der Waals surface area (Å²) in [6.45, 7) is 5.35. The lowest BCUT2D eigenvalue weighted by Crippen LogP contribution is -2.28. The number of thiol groups is 1. The number of nitrogens with zero attached hydrogens (tertiary/aromatic N) is 2. The fourth-order valence-corrected chi connectivity index (χ4v) is 3.37. The zero-order valence-electron chi connectivity index (χ0n) is 21.3. The van der Waals surface area contributed by atoms with Crippen molar-refractivity contribution in [2.24, 2.45) is 5.41 Å². The summed E-state index contributed by atoms with van der Waals surface area (Å²) in [6.07, 6.45) is -3.02. The number of hydrogen-bond donors (Lipinski definition) is 3. The first kappa shape index (κ1) is 34.1. The summed E-state index contributed by atoms with van der Waals surface area (Å²) in [5, 5.41) is 3.23. The van der Waals surface area contributed by atoms with Crippen molar-refractivity contribution < 1.29 is 44.9 Å². The number of hydrogen-bond acceptors (Lipinski definition) is 5. The molecule has 220 valence electrons. The molecule has 4 rings (SSSR count). The Balaban J connectivity index is 0. The van der Waals surface area contributed by atoms with Gasteiger partial charge in [0.25, 0.3) is 0 Å². The third-order valence-corrected chi connectivity index (χ3v) is 5.36. The summed E-state index contributed by atoms with van der Waals surface area (Å²) >= 11 is 3.62. The number of nitrogens with two attached hydrogens (primary N) is 1. The van der Waals surface area contributed by atoms with Crippen molar-refractivity contribution >= 4 is 41.1 Å². The highest BCUT2D eigenvalue weighted by atomic mass is 32.1. The number of nitrogen functional groups attached to an aromatic ring is 1. The van der Waals surface area contributed by atoms with Crippen molar-refractivity contribution in [3.63, 3.8) is 0 Å². The molecule has 0 aliphatic carbocycles. The average molecular weight is 593 g/mol. The molecule has 0 saturated carbocycles. The fourth-order valence-electron chi connectivity index (χ4n) is 3.11. The van der Waals surface area contributed by atoms with Crippen LogP contribution in [0.2, 0.25) is 0 Å². The van der Waals surface area contributed by atoms with Gasteiger partial charge in [0.05, 0.1) is 22.3 Å². The number of nitrogens with one attached hydrogen (secondary N) is 1. The minimum atomic E-state index is -4.51. The molecule has 3 aromatic carbocycles. The third kappa shape index (κ3) is 8.31. The van der Waals surface area contributed by atoms with E-state index in [9.17, 15) is 31.1 Å². The Morgan fingerprint density at radius 3 is 2.20 bits per heavy atom. The largest absolute Gasteiger partial charge is 0.416 e. The van der Waals surface area contributed by atoms with Crippen molar-refractivity contribution in [1.82, 2.24) is 9.97 Å². The van der Waals surface area contributed by atoms with Crippen molar-refractivity contribution in [3.05, 3.63) is 77.7 Å². The molecule has 0 saturated heterocycles. The second kappa shape index (κ2) is 13.0. The number of alkyl halides is 3. The molecule has 14 heteroatoms. The maximum atomic E-state index is 14.2. The minimum Gasteiger partial charge on any atom is -0.412 e. The lowest BCUT2D eigenvalue weighted by molar-refractivity contribution is -0.138. The van der Waals surface area contributed by atoms with Crippen LogP contribution in [0.5, 0.6) is 0 Å². The summed E-state index contributed by atoms with van der Waals surface area (Å²) in [5.74, 6) is -2.48. The van der Waals surface area contributed by atoms with Crippen LogP contribution in [0.15, 0.2) is 59.6 Å². The van der Waals surface area contributed by atoms with E-state index in [1.807, 2.05) is 0 Å². The number of anilines is 2. The van der Waals surface area contributed by atoms with Gasteiger partial charge in [0.15, 0.2) is 5.82 Å². The van der Waals surface area contributed by atoms with Crippen molar-refractivity contribution in [3.8, 4) is 11.1 Å². The van der Waals surface area contributed by atoms with Crippen LogP contribution < -0.4 is 11.1 Å². The first-order chi connectivity index (χ1) is 17.6. The fraction of sp³-hybridized carbons (Fsp3) is 0.192. The molecule has 0 spiro atoms. The smallest absolute Gasteiger partial charge is 0.412 e. The van der Waals surface area contributed by atoms with Gasteiger partial charge >= 0.3 is 6.18 Å². The molecule has 0 unspecified atom stereocenters. The number of benzene rings is 3. The van der Waals surface area contributed by atoms with E-state index in [-0.39, 0.29) is 41.8 Å². The summed E-state index contributed by atoms with van der Waals surface area (Å²) in [4.78, 5) is 20.4. The summed E-state index contributed by atoms with van der Waals surface area (Å²) in [6, 6.07) is 9.16. The highest BCUT2D eigenvalue weighted by Gasteiger charge is 2.31. The van der Waals surface area contributed by atoms with E-state index >= 15 is 0 Å². The van der Waals surface area contributed by atoms with Crippen molar-refractivity contribution in [2.75, 3.05) is 11.1 Å². The van der Waals surface area contributed by atoms with Crippen LogP contribution in [-0.4, -0.2) is 26.8 Å². The minimum absolute atomic E-state index is 0. The van der Waals surface area contributed by atoms with Gasteiger partial charge in [-0.15, -0.1) is 12.6 Å². The highest BCUT2D eigenvalue weighted by Crippen LogP contribution is 2.32. The average Bonchev–Trinajstić information content (AvgIpc) is 2.80. The molecular formula is C26H30F6N4O3S. The van der Waals surface area contributed by atoms with Gasteiger partial charge < -0.3 is 16.7 Å². The second-order valence-corrected chi connectivity index (χ2v) is 9.71. The van der Waals surface area contributed by atoms with Gasteiger partial charge in [-0.05, 0) is 48.0 Å². The Kier molecular flexibility index (Phi) is 11.1. The molecule has 1 aromatic heterocycles. The topological polar surface area (TPSA) is 144 Å². The monoisotopic (exact) mass is 592 g/mol. The van der Waals surface area contributed by atoms with Gasteiger partial charge in [0.2, 0.25) is 11.9 Å². The summed E-state index contributed by atoms with van der Waals surface area (Å²) in [7, 11) is 0. The van der Waals surface area contributed by atoms with E-state index in [4.69, 9.17) is 5.73 Å². The van der Waals surface area contributed by atoms with E-state index < -0.39 is 34.6 Å². The second-order valence-electron chi connectivity index (χ2n) is 9.19. The van der Waals surface area contributed by atoms with Crippen LogP contribution in [0.3, 0.4) is 0 Å². The first-order valence-corrected chi connectivity index (χ1v) is 11.4. The Bertz CT molecular complexity index is 1500. The lowest BCUT2D eigenvalue weighted by atomic mass is 9.96. The number of fused-ring (bicyclic) bond motifs is 1. The van der Waals surface area contributed by atoms with Gasteiger partial charge in [0.1, 0.15) is 11.6 Å². The molecular weight excluding hydrogens is 562 g/mol. The molecule has 1 heterocycles. The van der Waals surface area contributed by atoms with Gasteiger partial charge in [-0.25, -0.2) is 23.1 Å². The maximum absolute atomic E-state index is 14.2. The van der Waals surface area contributed by atoms with E-state index in [2.05, 4.69) is 27.9 Å². The maximum Gasteiger partial charge on any atom is 0.416 e. The predicted molar refractivity (Wildman–Crippen MR) is 147 cm³/mol. The van der Waals surface area contributed by atoms with Crippen LogP contribution in [0, 0.1) is 22.9 Å². The molecule has 0 atom stereocenters. The molecule has 4 aromatic rings. The van der Waals surface area contributed by atoms with Crippen molar-refractivity contribution in [1.29, 1.82) is 0 Å². The molecule has 7 nitrogen and oxygen atoms in total. The molecule has 40 heavy (non-hydrogen) atoms. The van der Waals surface area contributed by atoms with E-state index in [0.717, 1.165) is 18.2 Å². The van der Waals surface area contributed by atoms with Gasteiger partial charge in [0, 0.05) is 24.7 Å². The van der Waals surface area contributed by atoms with Crippen LogP contribution in [0.1, 0.15) is 29.2 Å². The molecule has 0 aliphatic rings. The summed E-state index contributed by atoms with van der Waals surface area (Å²) < 4.78 is 76.5. The van der Waals surface area contributed by atoms with Gasteiger partial charge in [-0.2, -0.15) is 13.2 Å². The number of aromatic nitrogens is 2. The van der Waals surface area contributed by atoms with E-state index in [1.54, 1.807) is 39.0 Å². The molecule has 0 radical (unpaired) electrons. The zero-order chi connectivity index (χ0) is 28.4. The molecule has 7 N–H and O–H groups in total. The number of rotatable bonds is 2. The molecule has 0 bridgehead atoms. The lowest BCUT2D eigenvalue weighted by Gasteiger charge is -2.16. The van der Waals surface area contributed by atoms with Crippen LogP contribution in [0.25, 0.3) is 22.0 Å². The Labute approximate surface area is 233 Å². The predicted octanol–water partition coefficient (Wildman–Crippen LogP) is 6.12. The highest BCUT2D eigenvalue weighted by molar-refractivity contribution is 7.80. The third-order valence-electron chi connectivity index (χ3n) is 5.11. The molecule has 0 fully saturated rings. The number of halogens is 6. The Morgan fingerprint density at radius 1 is 0.975 bits per heavy atom. The van der Waals surface area contributed by atoms with Crippen LogP contribution >= 0.6 is 12.6 Å². The van der Waals surface area contributed by atoms with Crippen LogP contribution in [-0.2, 0) is 11.0 Å². The normalized spacial score (nSPS) is 11.1. The Morgan fingerprint density at radius 2 is 1.62 bits per heavy atom. The van der Waals surface area contributed by atoms with Gasteiger partial charge in [-0.3, -0.25) is 10.1 Å². The quantitative estimate of drug-likeness (QED) is 0.146. The standard InChI is InChI=1S/C19H18F2N4O.C7H4F4S.2H2O.2H2/c1-19(2,3)17(26)25-18-23-9-11-8-10(4-7-14(11)24-18)15-12(20)5-6-13(22)16(15)21;8-5-1-4(7(9,10)11)2-6(12)3-5;;;;/h4-9H,22H2,1-3H3,(H,23,24,25,26);1-3,12H;2*1H2;2*1H. The number of carbonyl (C=O) groups excluding carboxylic acids is 1. The SMILES string of the molecule is CC(C)(C)C(=O)Nc1ncc2cc(-c3c(F)ccc(N)c3F)ccc2n1.Fc1cc(S)cc(C(F)(F)F)c1.O.O.[HH].[HH]. The van der Waals surface area contributed by atoms with Gasteiger partial charge in [-0.1, -0.05) is 26.8 Å². The Hall–Kier alpha value is -3.88. The zero-order valence-corrected chi connectivity index (χ0v) is 22.2. The molecule has 0 aliphatic heterocycles. The van der Waals surface area contributed by atoms with Crippen molar-refractivity contribution in [2.45, 2.75) is 31.8 Å². The first-order valence-electron chi connectivity index (χ1n) is 10.9. The van der Waals surface area contributed by atoms with E-state index in [1.165, 1.54) is 12.3 Å². The molecule has 1 amide bonds. The number of amides is 1. The van der Waals surface area contributed by atoms with E-state index in [0.29, 0.717) is 22.5 Å². The summed E-state index contributed by atoms with van der Waals surface area (Å²) in [5.41, 5.74) is 4.48. The van der Waals surface area contributed by atoms with Crippen LogP contribution in [0.4, 0.5) is 38.0 Å². The number of carbonyl (C=O) groups is 1.